The topological polar surface area (TPSA) is 21.3 Å². The second-order valence-electron chi connectivity index (χ2n) is 5.00. The Labute approximate surface area is 94.8 Å². The van der Waals surface area contributed by atoms with Gasteiger partial charge in [0.25, 0.3) is 0 Å². The second kappa shape index (κ2) is 7.24. The Hall–Kier alpha value is -0.0800. The average molecular weight is 213 g/mol. The van der Waals surface area contributed by atoms with Gasteiger partial charge in [0.2, 0.25) is 0 Å². The summed E-state index contributed by atoms with van der Waals surface area (Å²) in [5.74, 6) is 0.727. The largest absolute Gasteiger partial charge is 0.378 e. The normalized spacial score (nSPS) is 29.0. The zero-order valence-electron chi connectivity index (χ0n) is 10.6. The Kier molecular flexibility index (Phi) is 6.26. The molecule has 0 bridgehead atoms. The molecule has 0 aromatic heterocycles. The molecule has 0 amide bonds. The van der Waals surface area contributed by atoms with Gasteiger partial charge in [-0.2, -0.15) is 0 Å². The quantitative estimate of drug-likeness (QED) is 0.732. The molecule has 0 aliphatic heterocycles. The average Bonchev–Trinajstić information content (AvgIpc) is 2.27. The maximum atomic E-state index is 5.99. The van der Waals surface area contributed by atoms with Crippen molar-refractivity contribution in [3.8, 4) is 0 Å². The molecule has 2 nitrogen and oxygen atoms in total. The zero-order chi connectivity index (χ0) is 11.1. The number of nitrogens with one attached hydrogen (secondary N) is 1. The molecule has 2 heteroatoms. The standard InChI is InChI=1S/C13H27NO/c1-4-6-11(2)10-15-13-8-5-7-12(9-13)14-3/h11-14H,4-10H2,1-3H3. The first-order valence-corrected chi connectivity index (χ1v) is 6.55. The van der Waals surface area contributed by atoms with E-state index in [-0.39, 0.29) is 0 Å². The molecule has 0 aromatic carbocycles. The van der Waals surface area contributed by atoms with E-state index >= 15 is 0 Å². The van der Waals surface area contributed by atoms with Crippen LogP contribution in [0, 0.1) is 5.92 Å². The number of hydrogen-bond donors (Lipinski definition) is 1. The van der Waals surface area contributed by atoms with E-state index in [9.17, 15) is 0 Å². The van der Waals surface area contributed by atoms with Crippen molar-refractivity contribution in [2.75, 3.05) is 13.7 Å². The molecule has 0 saturated heterocycles. The molecule has 0 radical (unpaired) electrons. The van der Waals surface area contributed by atoms with E-state index in [1.54, 1.807) is 0 Å². The van der Waals surface area contributed by atoms with E-state index < -0.39 is 0 Å². The Balaban J connectivity index is 2.14. The maximum Gasteiger partial charge on any atom is 0.0590 e. The van der Waals surface area contributed by atoms with E-state index in [0.717, 1.165) is 12.5 Å². The highest BCUT2D eigenvalue weighted by molar-refractivity contribution is 4.77. The van der Waals surface area contributed by atoms with Crippen LogP contribution in [0.2, 0.25) is 0 Å². The summed E-state index contributed by atoms with van der Waals surface area (Å²) in [6, 6.07) is 0.685. The van der Waals surface area contributed by atoms with Crippen molar-refractivity contribution >= 4 is 0 Å². The highest BCUT2D eigenvalue weighted by Crippen LogP contribution is 2.21. The summed E-state index contributed by atoms with van der Waals surface area (Å²) in [7, 11) is 2.06. The molecular weight excluding hydrogens is 186 g/mol. The lowest BCUT2D eigenvalue weighted by molar-refractivity contribution is 0.00256. The molecule has 1 aliphatic rings. The van der Waals surface area contributed by atoms with Crippen LogP contribution in [0.3, 0.4) is 0 Å². The molecule has 3 unspecified atom stereocenters. The molecule has 90 valence electrons. The van der Waals surface area contributed by atoms with E-state index in [1.807, 2.05) is 0 Å². The number of hydrogen-bond acceptors (Lipinski definition) is 2. The third-order valence-corrected chi connectivity index (χ3v) is 3.43. The molecule has 1 aliphatic carbocycles. The smallest absolute Gasteiger partial charge is 0.0590 e. The summed E-state index contributed by atoms with van der Waals surface area (Å²) in [4.78, 5) is 0. The van der Waals surface area contributed by atoms with Gasteiger partial charge in [-0.15, -0.1) is 0 Å². The maximum absolute atomic E-state index is 5.99. The molecule has 1 saturated carbocycles. The van der Waals surface area contributed by atoms with Crippen LogP contribution >= 0.6 is 0 Å². The third-order valence-electron chi connectivity index (χ3n) is 3.43. The lowest BCUT2D eigenvalue weighted by Gasteiger charge is -2.29. The van der Waals surface area contributed by atoms with Crippen LogP contribution in [0.5, 0.6) is 0 Å². The van der Waals surface area contributed by atoms with E-state index in [0.29, 0.717) is 12.1 Å². The van der Waals surface area contributed by atoms with Gasteiger partial charge in [0.05, 0.1) is 6.10 Å². The molecule has 0 aromatic rings. The van der Waals surface area contributed by atoms with Crippen molar-refractivity contribution in [1.82, 2.24) is 5.32 Å². The van der Waals surface area contributed by atoms with Crippen LogP contribution in [0.25, 0.3) is 0 Å². The van der Waals surface area contributed by atoms with Crippen LogP contribution in [0.15, 0.2) is 0 Å². The Morgan fingerprint density at radius 2 is 2.20 bits per heavy atom. The fourth-order valence-electron chi connectivity index (χ4n) is 2.44. The Morgan fingerprint density at radius 3 is 2.87 bits per heavy atom. The Bertz CT molecular complexity index is 161. The van der Waals surface area contributed by atoms with Gasteiger partial charge in [-0.1, -0.05) is 20.3 Å². The minimum Gasteiger partial charge on any atom is -0.378 e. The first-order chi connectivity index (χ1) is 7.26. The monoisotopic (exact) mass is 213 g/mol. The summed E-state index contributed by atoms with van der Waals surface area (Å²) >= 11 is 0. The summed E-state index contributed by atoms with van der Waals surface area (Å²) in [5.41, 5.74) is 0. The zero-order valence-corrected chi connectivity index (χ0v) is 10.6. The molecule has 0 heterocycles. The van der Waals surface area contributed by atoms with Gasteiger partial charge in [0.1, 0.15) is 0 Å². The van der Waals surface area contributed by atoms with Crippen LogP contribution in [0.1, 0.15) is 52.4 Å². The molecule has 1 N–H and O–H groups in total. The van der Waals surface area contributed by atoms with Crippen LogP contribution in [-0.4, -0.2) is 25.8 Å². The number of rotatable bonds is 6. The highest BCUT2D eigenvalue weighted by Gasteiger charge is 2.21. The lowest BCUT2D eigenvalue weighted by atomic mass is 9.93. The summed E-state index contributed by atoms with van der Waals surface area (Å²) in [5, 5.41) is 3.37. The molecule has 1 fully saturated rings. The van der Waals surface area contributed by atoms with Gasteiger partial charge in [0, 0.05) is 12.6 Å². The van der Waals surface area contributed by atoms with Crippen molar-refractivity contribution < 1.29 is 4.74 Å². The van der Waals surface area contributed by atoms with E-state index in [1.165, 1.54) is 38.5 Å². The van der Waals surface area contributed by atoms with Gasteiger partial charge >= 0.3 is 0 Å². The fraction of sp³-hybridized carbons (Fsp3) is 1.00. The summed E-state index contributed by atoms with van der Waals surface area (Å²) in [6.07, 6.45) is 8.18. The van der Waals surface area contributed by atoms with Crippen LogP contribution in [-0.2, 0) is 4.74 Å². The van der Waals surface area contributed by atoms with Gasteiger partial charge < -0.3 is 10.1 Å². The minimum absolute atomic E-state index is 0.510. The Morgan fingerprint density at radius 1 is 1.40 bits per heavy atom. The van der Waals surface area contributed by atoms with E-state index in [4.69, 9.17) is 4.74 Å². The predicted molar refractivity (Wildman–Crippen MR) is 65.1 cm³/mol. The highest BCUT2D eigenvalue weighted by atomic mass is 16.5. The lowest BCUT2D eigenvalue weighted by Crippen LogP contribution is -2.35. The van der Waals surface area contributed by atoms with Gasteiger partial charge in [-0.25, -0.2) is 0 Å². The summed E-state index contributed by atoms with van der Waals surface area (Å²) < 4.78 is 5.99. The molecular formula is C13H27NO. The predicted octanol–water partition coefficient (Wildman–Crippen LogP) is 2.97. The number of ether oxygens (including phenoxy) is 1. The van der Waals surface area contributed by atoms with Crippen molar-refractivity contribution in [3.05, 3.63) is 0 Å². The van der Waals surface area contributed by atoms with Crippen molar-refractivity contribution in [2.45, 2.75) is 64.5 Å². The second-order valence-corrected chi connectivity index (χ2v) is 5.00. The fourth-order valence-corrected chi connectivity index (χ4v) is 2.44. The molecule has 0 spiro atoms. The summed E-state index contributed by atoms with van der Waals surface area (Å²) in [6.45, 7) is 5.49. The van der Waals surface area contributed by atoms with Crippen LogP contribution in [0.4, 0.5) is 0 Å². The van der Waals surface area contributed by atoms with Crippen molar-refractivity contribution in [1.29, 1.82) is 0 Å². The molecule has 3 atom stereocenters. The van der Waals surface area contributed by atoms with E-state index in [2.05, 4.69) is 26.2 Å². The first kappa shape index (κ1) is 13.0. The third kappa shape index (κ3) is 4.98. The van der Waals surface area contributed by atoms with Gasteiger partial charge in [-0.3, -0.25) is 0 Å². The van der Waals surface area contributed by atoms with Crippen LogP contribution < -0.4 is 5.32 Å². The van der Waals surface area contributed by atoms with Crippen molar-refractivity contribution in [3.63, 3.8) is 0 Å². The SMILES string of the molecule is CCCC(C)COC1CCCC(NC)C1. The van der Waals surface area contributed by atoms with Gasteiger partial charge in [0.15, 0.2) is 0 Å². The van der Waals surface area contributed by atoms with Gasteiger partial charge in [-0.05, 0) is 45.1 Å². The molecule has 1 rings (SSSR count). The minimum atomic E-state index is 0.510. The molecule has 15 heavy (non-hydrogen) atoms. The van der Waals surface area contributed by atoms with Crippen molar-refractivity contribution in [2.24, 2.45) is 5.92 Å². The first-order valence-electron chi connectivity index (χ1n) is 6.55.